The van der Waals surface area contributed by atoms with Crippen LogP contribution in [0.15, 0.2) is 24.3 Å². The van der Waals surface area contributed by atoms with Gasteiger partial charge in [-0.25, -0.2) is 0 Å². The van der Waals surface area contributed by atoms with Crippen molar-refractivity contribution in [1.29, 1.82) is 0 Å². The minimum absolute atomic E-state index is 0.0501. The van der Waals surface area contributed by atoms with Gasteiger partial charge in [-0.2, -0.15) is 0 Å². The van der Waals surface area contributed by atoms with Gasteiger partial charge in [0.2, 0.25) is 5.91 Å². The predicted octanol–water partition coefficient (Wildman–Crippen LogP) is 1.10. The summed E-state index contributed by atoms with van der Waals surface area (Å²) in [5.41, 5.74) is 0.779. The molecule has 1 aliphatic heterocycles. The van der Waals surface area contributed by atoms with Crippen molar-refractivity contribution < 1.29 is 9.90 Å². The molecule has 2 N–H and O–H groups in total. The fraction of sp³-hybridized carbons (Fsp3) is 0.462. The fourth-order valence-electron chi connectivity index (χ4n) is 2.14. The number of para-hydroxylation sites is 1. The summed E-state index contributed by atoms with van der Waals surface area (Å²) in [6, 6.07) is 7.06. The van der Waals surface area contributed by atoms with Crippen LogP contribution in [-0.4, -0.2) is 35.5 Å². The van der Waals surface area contributed by atoms with Crippen LogP contribution >= 0.6 is 0 Å². The summed E-state index contributed by atoms with van der Waals surface area (Å²) in [4.78, 5) is 13.7. The third-order valence-electron chi connectivity index (χ3n) is 3.13. The second kappa shape index (κ2) is 5.19. The average Bonchev–Trinajstić information content (AvgIpc) is 2.84. The Hall–Kier alpha value is -1.55. The number of phenolic OH excluding ortho intramolecular Hbond substituents is 1. The normalized spacial score (nSPS) is 19.2. The second-order valence-corrected chi connectivity index (χ2v) is 4.47. The quantitative estimate of drug-likeness (QED) is 0.823. The molecule has 0 aliphatic carbocycles. The van der Waals surface area contributed by atoms with Crippen LogP contribution in [0.2, 0.25) is 0 Å². The number of hydrogen-bond donors (Lipinski definition) is 2. The lowest BCUT2D eigenvalue weighted by molar-refractivity contribution is -0.132. The van der Waals surface area contributed by atoms with Crippen molar-refractivity contribution in [2.24, 2.45) is 0 Å². The van der Waals surface area contributed by atoms with Crippen molar-refractivity contribution in [2.75, 3.05) is 13.6 Å². The Morgan fingerprint density at radius 1 is 1.53 bits per heavy atom. The van der Waals surface area contributed by atoms with E-state index in [1.165, 1.54) is 0 Å². The monoisotopic (exact) mass is 234 g/mol. The highest BCUT2D eigenvalue weighted by atomic mass is 16.3. The molecule has 1 fully saturated rings. The number of likely N-dealkylation sites (N-methyl/N-ethyl adjacent to an activating group) is 1. The molecular weight excluding hydrogens is 216 g/mol. The van der Waals surface area contributed by atoms with Gasteiger partial charge < -0.3 is 15.3 Å². The summed E-state index contributed by atoms with van der Waals surface area (Å²) >= 11 is 0. The minimum atomic E-state index is -0.0501. The van der Waals surface area contributed by atoms with Crippen LogP contribution in [0, 0.1) is 0 Å². The smallest absolute Gasteiger partial charge is 0.239 e. The molecule has 0 aromatic heterocycles. The number of nitrogens with zero attached hydrogens (tertiary/aromatic N) is 1. The minimum Gasteiger partial charge on any atom is -0.508 e. The third-order valence-corrected chi connectivity index (χ3v) is 3.13. The Labute approximate surface area is 101 Å². The highest BCUT2D eigenvalue weighted by Gasteiger charge is 2.25. The van der Waals surface area contributed by atoms with Gasteiger partial charge >= 0.3 is 0 Å². The number of aromatic hydroxyl groups is 1. The topological polar surface area (TPSA) is 52.6 Å². The van der Waals surface area contributed by atoms with E-state index in [-0.39, 0.29) is 17.7 Å². The molecule has 1 heterocycles. The largest absolute Gasteiger partial charge is 0.508 e. The zero-order valence-electron chi connectivity index (χ0n) is 10.0. The lowest BCUT2D eigenvalue weighted by atomic mass is 10.1. The first-order valence-electron chi connectivity index (χ1n) is 5.93. The highest BCUT2D eigenvalue weighted by Crippen LogP contribution is 2.18. The molecular formula is C13H18N2O2. The number of carbonyl (C=O) groups excluding carboxylic acids is 1. The number of nitrogens with one attached hydrogen (secondary N) is 1. The second-order valence-electron chi connectivity index (χ2n) is 4.47. The Morgan fingerprint density at radius 2 is 2.29 bits per heavy atom. The van der Waals surface area contributed by atoms with Gasteiger partial charge in [-0.05, 0) is 25.5 Å². The van der Waals surface area contributed by atoms with Crippen molar-refractivity contribution in [1.82, 2.24) is 10.2 Å². The standard InChI is InChI=1S/C13H18N2O2/c1-15(13(17)11-6-4-8-14-11)9-10-5-2-3-7-12(10)16/h2-3,5,7,11,14,16H,4,6,8-9H2,1H3/t11-/m0/s1. The van der Waals surface area contributed by atoms with Crippen LogP contribution in [0.3, 0.4) is 0 Å². The Bertz CT molecular complexity index is 400. The molecule has 1 atom stereocenters. The fourth-order valence-corrected chi connectivity index (χ4v) is 2.14. The maximum absolute atomic E-state index is 12.0. The number of rotatable bonds is 3. The Balaban J connectivity index is 1.99. The van der Waals surface area contributed by atoms with E-state index in [0.717, 1.165) is 24.9 Å². The molecule has 0 bridgehead atoms. The Kier molecular flexibility index (Phi) is 3.64. The predicted molar refractivity (Wildman–Crippen MR) is 65.6 cm³/mol. The molecule has 1 saturated heterocycles. The first kappa shape index (κ1) is 11.9. The van der Waals surface area contributed by atoms with Gasteiger partial charge in [-0.15, -0.1) is 0 Å². The highest BCUT2D eigenvalue weighted by molar-refractivity contribution is 5.82. The zero-order chi connectivity index (χ0) is 12.3. The van der Waals surface area contributed by atoms with Gasteiger partial charge in [0.1, 0.15) is 5.75 Å². The summed E-state index contributed by atoms with van der Waals surface area (Å²) < 4.78 is 0. The van der Waals surface area contributed by atoms with E-state index in [0.29, 0.717) is 6.54 Å². The van der Waals surface area contributed by atoms with Gasteiger partial charge in [-0.3, -0.25) is 4.79 Å². The van der Waals surface area contributed by atoms with Crippen molar-refractivity contribution in [2.45, 2.75) is 25.4 Å². The van der Waals surface area contributed by atoms with Crippen LogP contribution in [0.1, 0.15) is 18.4 Å². The molecule has 1 aliphatic rings. The summed E-state index contributed by atoms with van der Waals surface area (Å²) in [6.07, 6.45) is 1.96. The van der Waals surface area contributed by atoms with Gasteiger partial charge in [0.05, 0.1) is 6.04 Å². The molecule has 1 aromatic carbocycles. The van der Waals surface area contributed by atoms with E-state index >= 15 is 0 Å². The van der Waals surface area contributed by atoms with Gasteiger partial charge in [-0.1, -0.05) is 18.2 Å². The van der Waals surface area contributed by atoms with Crippen LogP contribution in [0.25, 0.3) is 0 Å². The van der Waals surface area contributed by atoms with Crippen molar-refractivity contribution >= 4 is 5.91 Å². The summed E-state index contributed by atoms with van der Waals surface area (Å²) in [6.45, 7) is 1.37. The van der Waals surface area contributed by atoms with Crippen molar-refractivity contribution in [3.05, 3.63) is 29.8 Å². The molecule has 1 aromatic rings. The maximum atomic E-state index is 12.0. The molecule has 17 heavy (non-hydrogen) atoms. The molecule has 2 rings (SSSR count). The number of amides is 1. The summed E-state index contributed by atoms with van der Waals surface area (Å²) in [5.74, 6) is 0.345. The number of hydrogen-bond acceptors (Lipinski definition) is 3. The Morgan fingerprint density at radius 3 is 2.94 bits per heavy atom. The van der Waals surface area contributed by atoms with Gasteiger partial charge in [0.15, 0.2) is 0 Å². The molecule has 92 valence electrons. The first-order chi connectivity index (χ1) is 8.18. The molecule has 0 saturated carbocycles. The van der Waals surface area contributed by atoms with E-state index in [1.54, 1.807) is 24.1 Å². The molecule has 0 unspecified atom stereocenters. The van der Waals surface area contributed by atoms with Crippen LogP contribution < -0.4 is 5.32 Å². The van der Waals surface area contributed by atoms with Crippen molar-refractivity contribution in [3.63, 3.8) is 0 Å². The molecule has 0 radical (unpaired) electrons. The van der Waals surface area contributed by atoms with Crippen LogP contribution in [-0.2, 0) is 11.3 Å². The molecule has 4 nitrogen and oxygen atoms in total. The number of phenols is 1. The van der Waals surface area contributed by atoms with E-state index in [9.17, 15) is 9.90 Å². The number of carbonyl (C=O) groups is 1. The maximum Gasteiger partial charge on any atom is 0.239 e. The molecule has 1 amide bonds. The lowest BCUT2D eigenvalue weighted by Gasteiger charge is -2.21. The van der Waals surface area contributed by atoms with Crippen LogP contribution in [0.5, 0.6) is 5.75 Å². The lowest BCUT2D eigenvalue weighted by Crippen LogP contribution is -2.41. The SMILES string of the molecule is CN(Cc1ccccc1O)C(=O)[C@@H]1CCCN1. The zero-order valence-corrected chi connectivity index (χ0v) is 10.0. The van der Waals surface area contributed by atoms with E-state index in [2.05, 4.69) is 5.32 Å². The van der Waals surface area contributed by atoms with Crippen LogP contribution in [0.4, 0.5) is 0 Å². The first-order valence-corrected chi connectivity index (χ1v) is 5.93. The molecule has 4 heteroatoms. The van der Waals surface area contributed by atoms with Gasteiger partial charge in [0, 0.05) is 19.2 Å². The van der Waals surface area contributed by atoms with E-state index in [4.69, 9.17) is 0 Å². The third kappa shape index (κ3) is 2.77. The summed E-state index contributed by atoms with van der Waals surface area (Å²) in [7, 11) is 1.77. The summed E-state index contributed by atoms with van der Waals surface area (Å²) in [5, 5.41) is 12.8. The van der Waals surface area contributed by atoms with E-state index in [1.807, 2.05) is 12.1 Å². The van der Waals surface area contributed by atoms with Gasteiger partial charge in [0.25, 0.3) is 0 Å². The van der Waals surface area contributed by atoms with E-state index < -0.39 is 0 Å². The molecule has 0 spiro atoms. The number of benzene rings is 1. The average molecular weight is 234 g/mol. The van der Waals surface area contributed by atoms with Crippen molar-refractivity contribution in [3.8, 4) is 5.75 Å².